The summed E-state index contributed by atoms with van der Waals surface area (Å²) in [7, 11) is 0. The molecule has 2 aliphatic rings. The standard InChI is InChI=1S/C4H7NS/c1-4-3(5-1)2-6-4/h3-5H,1-2H2. The number of hydrogen-bond acceptors (Lipinski definition) is 2. The molecular formula is C4H7NS. The average molecular weight is 101 g/mol. The SMILES string of the molecule is C1SC2CNC12. The Kier molecular flexibility index (Phi) is 0.515. The van der Waals surface area contributed by atoms with Gasteiger partial charge in [0.2, 0.25) is 0 Å². The van der Waals surface area contributed by atoms with Crippen molar-refractivity contribution in [3.05, 3.63) is 0 Å². The smallest absolute Gasteiger partial charge is 0.0334 e. The lowest BCUT2D eigenvalue weighted by molar-refractivity contribution is 0.393. The predicted molar refractivity (Wildman–Crippen MR) is 28.0 cm³/mol. The van der Waals surface area contributed by atoms with Gasteiger partial charge in [0.05, 0.1) is 0 Å². The predicted octanol–water partition coefficient (Wildman–Crippen LogP) is 0.0736. The van der Waals surface area contributed by atoms with E-state index in [1.165, 1.54) is 12.3 Å². The number of thioether (sulfide) groups is 1. The third kappa shape index (κ3) is 0.231. The van der Waals surface area contributed by atoms with Crippen LogP contribution in [0.4, 0.5) is 0 Å². The molecule has 0 amide bonds. The summed E-state index contributed by atoms with van der Waals surface area (Å²) >= 11 is 2.09. The van der Waals surface area contributed by atoms with Crippen molar-refractivity contribution >= 4 is 11.8 Å². The molecule has 1 N–H and O–H groups in total. The van der Waals surface area contributed by atoms with Gasteiger partial charge in [-0.15, -0.1) is 0 Å². The minimum atomic E-state index is 0.926. The fourth-order valence-electron chi connectivity index (χ4n) is 0.827. The first-order valence-corrected chi connectivity index (χ1v) is 3.37. The zero-order chi connectivity index (χ0) is 3.98. The van der Waals surface area contributed by atoms with Gasteiger partial charge in [-0.25, -0.2) is 0 Å². The van der Waals surface area contributed by atoms with Crippen molar-refractivity contribution in [2.45, 2.75) is 11.3 Å². The van der Waals surface area contributed by atoms with Gasteiger partial charge in [-0.2, -0.15) is 11.8 Å². The third-order valence-electron chi connectivity index (χ3n) is 1.52. The Balaban J connectivity index is 2.03. The highest BCUT2D eigenvalue weighted by atomic mass is 32.2. The lowest BCUT2D eigenvalue weighted by Gasteiger charge is -2.46. The summed E-state index contributed by atoms with van der Waals surface area (Å²) < 4.78 is 0. The maximum absolute atomic E-state index is 3.32. The molecule has 0 radical (unpaired) electrons. The Hall–Kier alpha value is 0.310. The molecule has 34 valence electrons. The second-order valence-corrected chi connectivity index (χ2v) is 3.16. The lowest BCUT2D eigenvalue weighted by Crippen LogP contribution is -2.63. The maximum atomic E-state index is 3.32. The second-order valence-electron chi connectivity index (χ2n) is 1.89. The van der Waals surface area contributed by atoms with E-state index in [9.17, 15) is 0 Å². The minimum absolute atomic E-state index is 0.926. The molecule has 2 aliphatic heterocycles. The highest BCUT2D eigenvalue weighted by molar-refractivity contribution is 8.01. The first-order valence-electron chi connectivity index (χ1n) is 2.32. The van der Waals surface area contributed by atoms with Crippen LogP contribution in [0.25, 0.3) is 0 Å². The van der Waals surface area contributed by atoms with Crippen LogP contribution in [0.5, 0.6) is 0 Å². The van der Waals surface area contributed by atoms with Crippen molar-refractivity contribution in [2.24, 2.45) is 0 Å². The van der Waals surface area contributed by atoms with Crippen LogP contribution in [-0.2, 0) is 0 Å². The van der Waals surface area contributed by atoms with Gasteiger partial charge < -0.3 is 5.32 Å². The first-order chi connectivity index (χ1) is 2.97. The molecule has 2 unspecified atom stereocenters. The summed E-state index contributed by atoms with van der Waals surface area (Å²) in [4.78, 5) is 0. The van der Waals surface area contributed by atoms with E-state index >= 15 is 0 Å². The van der Waals surface area contributed by atoms with Crippen LogP contribution in [0.3, 0.4) is 0 Å². The monoisotopic (exact) mass is 101 g/mol. The Labute approximate surface area is 41.5 Å². The molecule has 2 fully saturated rings. The van der Waals surface area contributed by atoms with E-state index in [1.54, 1.807) is 0 Å². The minimum Gasteiger partial charge on any atom is -0.311 e. The average Bonchev–Trinajstić information content (AvgIpc) is 1.54. The van der Waals surface area contributed by atoms with Crippen molar-refractivity contribution in [3.63, 3.8) is 0 Å². The molecule has 6 heavy (non-hydrogen) atoms. The number of hydrogen-bond donors (Lipinski definition) is 1. The fourth-order valence-corrected chi connectivity index (χ4v) is 1.91. The zero-order valence-corrected chi connectivity index (χ0v) is 4.29. The van der Waals surface area contributed by atoms with Gasteiger partial charge in [0.1, 0.15) is 0 Å². The van der Waals surface area contributed by atoms with Crippen molar-refractivity contribution in [3.8, 4) is 0 Å². The molecule has 2 saturated heterocycles. The summed E-state index contributed by atoms with van der Waals surface area (Å²) in [5.74, 6) is 1.37. The topological polar surface area (TPSA) is 12.0 Å². The van der Waals surface area contributed by atoms with Crippen LogP contribution in [0.1, 0.15) is 0 Å². The first kappa shape index (κ1) is 3.33. The van der Waals surface area contributed by atoms with E-state index in [0.29, 0.717) is 0 Å². The van der Waals surface area contributed by atoms with Crippen LogP contribution in [-0.4, -0.2) is 23.6 Å². The van der Waals surface area contributed by atoms with Crippen LogP contribution >= 0.6 is 11.8 Å². The van der Waals surface area contributed by atoms with Crippen molar-refractivity contribution in [1.29, 1.82) is 0 Å². The fraction of sp³-hybridized carbons (Fsp3) is 1.00. The largest absolute Gasteiger partial charge is 0.311 e. The summed E-state index contributed by atoms with van der Waals surface area (Å²) in [6, 6.07) is 0.926. The molecule has 0 bridgehead atoms. The molecule has 0 aromatic rings. The Morgan fingerprint density at radius 3 is 2.50 bits per heavy atom. The van der Waals surface area contributed by atoms with E-state index in [-0.39, 0.29) is 0 Å². The normalized spacial score (nSPS) is 52.0. The molecular weight excluding hydrogens is 94.1 g/mol. The highest BCUT2D eigenvalue weighted by Crippen LogP contribution is 2.33. The van der Waals surface area contributed by atoms with E-state index in [1.807, 2.05) is 0 Å². The van der Waals surface area contributed by atoms with E-state index in [4.69, 9.17) is 0 Å². The quantitative estimate of drug-likeness (QED) is 0.463. The van der Waals surface area contributed by atoms with Crippen LogP contribution < -0.4 is 5.32 Å². The molecule has 2 heterocycles. The Morgan fingerprint density at radius 2 is 2.50 bits per heavy atom. The number of fused-ring (bicyclic) bond motifs is 1. The van der Waals surface area contributed by atoms with Crippen LogP contribution in [0.2, 0.25) is 0 Å². The van der Waals surface area contributed by atoms with Gasteiger partial charge in [-0.1, -0.05) is 0 Å². The Morgan fingerprint density at radius 1 is 1.67 bits per heavy atom. The second kappa shape index (κ2) is 0.928. The molecule has 0 aromatic heterocycles. The summed E-state index contributed by atoms with van der Waals surface area (Å²) in [5, 5.41) is 4.34. The maximum Gasteiger partial charge on any atom is 0.0334 e. The molecule has 0 spiro atoms. The molecule has 0 aromatic carbocycles. The van der Waals surface area contributed by atoms with E-state index in [2.05, 4.69) is 17.1 Å². The van der Waals surface area contributed by atoms with Gasteiger partial charge in [0, 0.05) is 23.6 Å². The molecule has 2 rings (SSSR count). The Bertz CT molecular complexity index is 55.9. The molecule has 0 aliphatic carbocycles. The summed E-state index contributed by atoms with van der Waals surface area (Å²) in [6.45, 7) is 1.27. The summed E-state index contributed by atoms with van der Waals surface area (Å²) in [6.07, 6.45) is 0. The van der Waals surface area contributed by atoms with Gasteiger partial charge in [-0.05, 0) is 0 Å². The summed E-state index contributed by atoms with van der Waals surface area (Å²) in [5.41, 5.74) is 0. The molecule has 2 atom stereocenters. The molecule has 2 heteroatoms. The van der Waals surface area contributed by atoms with Crippen molar-refractivity contribution in [1.82, 2.24) is 5.32 Å². The zero-order valence-electron chi connectivity index (χ0n) is 3.48. The third-order valence-corrected chi connectivity index (χ3v) is 2.99. The van der Waals surface area contributed by atoms with E-state index < -0.39 is 0 Å². The number of nitrogens with one attached hydrogen (secondary N) is 1. The van der Waals surface area contributed by atoms with Gasteiger partial charge in [0.15, 0.2) is 0 Å². The van der Waals surface area contributed by atoms with Gasteiger partial charge in [0.25, 0.3) is 0 Å². The van der Waals surface area contributed by atoms with Gasteiger partial charge in [-0.3, -0.25) is 0 Å². The van der Waals surface area contributed by atoms with Crippen LogP contribution in [0, 0.1) is 0 Å². The molecule has 1 nitrogen and oxygen atoms in total. The highest BCUT2D eigenvalue weighted by Gasteiger charge is 2.38. The number of rotatable bonds is 0. The lowest BCUT2D eigenvalue weighted by atomic mass is 10.1. The van der Waals surface area contributed by atoms with Crippen molar-refractivity contribution in [2.75, 3.05) is 12.3 Å². The van der Waals surface area contributed by atoms with E-state index in [0.717, 1.165) is 11.3 Å². The van der Waals surface area contributed by atoms with Crippen molar-refractivity contribution < 1.29 is 0 Å². The van der Waals surface area contributed by atoms with Gasteiger partial charge >= 0.3 is 0 Å². The molecule has 0 saturated carbocycles. The van der Waals surface area contributed by atoms with Crippen LogP contribution in [0.15, 0.2) is 0 Å².